The first-order valence-corrected chi connectivity index (χ1v) is 5.66. The Morgan fingerprint density at radius 3 is 2.61 bits per heavy atom. The zero-order chi connectivity index (χ0) is 13.3. The van der Waals surface area contributed by atoms with Crippen molar-refractivity contribution >= 4 is 5.91 Å². The second-order valence-corrected chi connectivity index (χ2v) is 4.28. The van der Waals surface area contributed by atoms with E-state index in [-0.39, 0.29) is 18.0 Å². The molecule has 94 valence electrons. The van der Waals surface area contributed by atoms with Crippen LogP contribution in [0.3, 0.4) is 0 Å². The van der Waals surface area contributed by atoms with Crippen molar-refractivity contribution < 1.29 is 4.79 Å². The first-order chi connectivity index (χ1) is 8.52. The van der Waals surface area contributed by atoms with Crippen molar-refractivity contribution in [2.45, 2.75) is 20.4 Å². The summed E-state index contributed by atoms with van der Waals surface area (Å²) >= 11 is 0. The van der Waals surface area contributed by atoms with Gasteiger partial charge in [0, 0.05) is 18.2 Å². The van der Waals surface area contributed by atoms with Crippen molar-refractivity contribution in [2.24, 2.45) is 5.73 Å². The van der Waals surface area contributed by atoms with E-state index in [0.717, 1.165) is 15.8 Å². The van der Waals surface area contributed by atoms with Gasteiger partial charge in [0.1, 0.15) is 0 Å². The summed E-state index contributed by atoms with van der Waals surface area (Å²) in [6, 6.07) is 6.81. The monoisotopic (exact) mass is 245 g/mol. The molecule has 1 aromatic heterocycles. The Morgan fingerprint density at radius 1 is 1.33 bits per heavy atom. The highest BCUT2D eigenvalue weighted by atomic mass is 16.2. The van der Waals surface area contributed by atoms with Gasteiger partial charge in [0.15, 0.2) is 0 Å². The second-order valence-electron chi connectivity index (χ2n) is 4.28. The molecule has 5 heteroatoms. The smallest absolute Gasteiger partial charge is 0.279 e. The maximum Gasteiger partial charge on any atom is 0.279 e. The van der Waals surface area contributed by atoms with E-state index in [1.807, 2.05) is 26.0 Å². The van der Waals surface area contributed by atoms with Gasteiger partial charge in [-0.2, -0.15) is 4.68 Å². The molecule has 2 rings (SSSR count). The molecule has 0 bridgehead atoms. The molecule has 1 aromatic carbocycles. The number of rotatable bonds is 2. The number of aromatic nitrogens is 2. The Kier molecular flexibility index (Phi) is 3.16. The number of aryl methyl sites for hydroxylation is 2. The van der Waals surface area contributed by atoms with E-state index < -0.39 is 0 Å². The molecular weight excluding hydrogens is 230 g/mol. The molecule has 0 fully saturated rings. The van der Waals surface area contributed by atoms with Crippen LogP contribution in [0.2, 0.25) is 0 Å². The van der Waals surface area contributed by atoms with Gasteiger partial charge in [0.05, 0.1) is 5.69 Å². The maximum absolute atomic E-state index is 12.2. The van der Waals surface area contributed by atoms with Crippen LogP contribution in [0.25, 0.3) is 0 Å². The van der Waals surface area contributed by atoms with Gasteiger partial charge < -0.3 is 5.73 Å². The largest absolute Gasteiger partial charge is 0.325 e. The average molecular weight is 245 g/mol. The van der Waals surface area contributed by atoms with Crippen molar-refractivity contribution in [3.05, 3.63) is 57.0 Å². The molecule has 2 aromatic rings. The van der Waals surface area contributed by atoms with Gasteiger partial charge in [-0.15, -0.1) is 0 Å². The molecule has 0 spiro atoms. The van der Waals surface area contributed by atoms with Crippen molar-refractivity contribution in [3.8, 4) is 0 Å². The van der Waals surface area contributed by atoms with E-state index in [1.54, 1.807) is 6.07 Å². The topological polar surface area (TPSA) is 80.9 Å². The molecule has 0 aliphatic carbocycles. The van der Waals surface area contributed by atoms with Crippen LogP contribution in [0.5, 0.6) is 0 Å². The van der Waals surface area contributed by atoms with E-state index in [9.17, 15) is 9.59 Å². The number of hydrogen-bond acceptors (Lipinski definition) is 3. The highest BCUT2D eigenvalue weighted by Crippen LogP contribution is 2.11. The fraction of sp³-hybridized carbons (Fsp3) is 0.231. The number of nitrogens with two attached hydrogens (primary N) is 1. The average Bonchev–Trinajstić information content (AvgIpc) is 2.70. The Bertz CT molecular complexity index is 652. The number of hydrogen-bond donors (Lipinski definition) is 2. The number of aromatic amines is 1. The molecular formula is C13H15N3O2. The minimum Gasteiger partial charge on any atom is -0.325 e. The van der Waals surface area contributed by atoms with Gasteiger partial charge in [-0.25, -0.2) is 0 Å². The number of H-pyrrole nitrogens is 1. The molecule has 1 heterocycles. The number of carbonyl (C=O) groups is 1. The van der Waals surface area contributed by atoms with Gasteiger partial charge in [-0.05, 0) is 25.5 Å². The van der Waals surface area contributed by atoms with E-state index >= 15 is 0 Å². The summed E-state index contributed by atoms with van der Waals surface area (Å²) in [5.41, 5.74) is 8.00. The van der Waals surface area contributed by atoms with Crippen molar-refractivity contribution in [2.75, 3.05) is 0 Å². The van der Waals surface area contributed by atoms with Crippen LogP contribution in [-0.2, 0) is 6.54 Å². The standard InChI is InChI=1S/C13H15N3O2/c1-8-3-4-11(9(2)5-8)13(18)16-12(17)6-10(7-14)15-16/h3-6,15H,7,14H2,1-2H3. The van der Waals surface area contributed by atoms with E-state index in [0.29, 0.717) is 11.3 Å². The lowest BCUT2D eigenvalue weighted by atomic mass is 10.1. The maximum atomic E-state index is 12.2. The molecule has 0 saturated heterocycles. The molecule has 0 saturated carbocycles. The summed E-state index contributed by atoms with van der Waals surface area (Å²) < 4.78 is 0.986. The van der Waals surface area contributed by atoms with Gasteiger partial charge in [-0.1, -0.05) is 17.7 Å². The summed E-state index contributed by atoms with van der Waals surface area (Å²) in [6.45, 7) is 4.00. The zero-order valence-corrected chi connectivity index (χ0v) is 10.4. The summed E-state index contributed by atoms with van der Waals surface area (Å²) in [7, 11) is 0. The molecule has 0 amide bonds. The predicted octanol–water partition coefficient (Wildman–Crippen LogP) is 0.940. The van der Waals surface area contributed by atoms with Crippen molar-refractivity contribution in [3.63, 3.8) is 0 Å². The quantitative estimate of drug-likeness (QED) is 0.826. The van der Waals surface area contributed by atoms with Gasteiger partial charge in [0.2, 0.25) is 0 Å². The minimum atomic E-state index is -0.388. The molecule has 3 N–H and O–H groups in total. The lowest BCUT2D eigenvalue weighted by Gasteiger charge is -2.05. The predicted molar refractivity (Wildman–Crippen MR) is 68.6 cm³/mol. The van der Waals surface area contributed by atoms with Gasteiger partial charge in [0.25, 0.3) is 11.5 Å². The Morgan fingerprint density at radius 2 is 2.06 bits per heavy atom. The lowest BCUT2D eigenvalue weighted by Crippen LogP contribution is -2.25. The third-order valence-electron chi connectivity index (χ3n) is 2.81. The van der Waals surface area contributed by atoms with Gasteiger partial charge in [-0.3, -0.25) is 14.7 Å². The Labute approximate surface area is 104 Å². The van der Waals surface area contributed by atoms with E-state index in [1.165, 1.54) is 6.07 Å². The first kappa shape index (κ1) is 12.3. The van der Waals surface area contributed by atoms with Gasteiger partial charge >= 0.3 is 0 Å². The van der Waals surface area contributed by atoms with Crippen molar-refractivity contribution in [1.82, 2.24) is 9.78 Å². The first-order valence-electron chi connectivity index (χ1n) is 5.66. The summed E-state index contributed by atoms with van der Waals surface area (Å²) in [6.07, 6.45) is 0. The van der Waals surface area contributed by atoms with Crippen LogP contribution in [-0.4, -0.2) is 15.7 Å². The van der Waals surface area contributed by atoms with Crippen LogP contribution in [0.15, 0.2) is 29.1 Å². The molecule has 0 aliphatic rings. The molecule has 0 aliphatic heterocycles. The third kappa shape index (κ3) is 2.12. The molecule has 0 atom stereocenters. The molecule has 0 unspecified atom stereocenters. The molecule has 0 radical (unpaired) electrons. The Balaban J connectivity index is 2.47. The summed E-state index contributed by atoms with van der Waals surface area (Å²) in [5.74, 6) is -0.364. The molecule has 18 heavy (non-hydrogen) atoms. The number of benzene rings is 1. The fourth-order valence-electron chi connectivity index (χ4n) is 1.87. The zero-order valence-electron chi connectivity index (χ0n) is 10.4. The molecule has 5 nitrogen and oxygen atoms in total. The Hall–Kier alpha value is -2.14. The van der Waals surface area contributed by atoms with Crippen molar-refractivity contribution in [1.29, 1.82) is 0 Å². The van der Waals surface area contributed by atoms with E-state index in [2.05, 4.69) is 5.10 Å². The minimum absolute atomic E-state index is 0.197. The number of nitrogens with zero attached hydrogens (tertiary/aromatic N) is 1. The summed E-state index contributed by atoms with van der Waals surface area (Å²) in [5, 5.41) is 2.70. The van der Waals surface area contributed by atoms with E-state index in [4.69, 9.17) is 5.73 Å². The van der Waals surface area contributed by atoms with Crippen LogP contribution < -0.4 is 11.3 Å². The summed E-state index contributed by atoms with van der Waals surface area (Å²) in [4.78, 5) is 23.9. The normalized spacial score (nSPS) is 10.6. The SMILES string of the molecule is Cc1ccc(C(=O)n2[nH]c(CN)cc2=O)c(C)c1. The highest BCUT2D eigenvalue weighted by Gasteiger charge is 2.14. The van der Waals surface area contributed by atoms with Crippen LogP contribution >= 0.6 is 0 Å². The lowest BCUT2D eigenvalue weighted by molar-refractivity contribution is 0.0940. The third-order valence-corrected chi connectivity index (χ3v) is 2.81. The number of nitrogens with one attached hydrogen (secondary N) is 1. The fourth-order valence-corrected chi connectivity index (χ4v) is 1.87. The van der Waals surface area contributed by atoms with Crippen LogP contribution in [0, 0.1) is 13.8 Å². The highest BCUT2D eigenvalue weighted by molar-refractivity contribution is 5.96. The van der Waals surface area contributed by atoms with Crippen LogP contribution in [0.1, 0.15) is 27.2 Å². The van der Waals surface area contributed by atoms with Crippen LogP contribution in [0.4, 0.5) is 0 Å². The number of carbonyl (C=O) groups excluding carboxylic acids is 1. The second kappa shape index (κ2) is 4.62.